The monoisotopic (exact) mass is 153 g/mol. The van der Waals surface area contributed by atoms with Crippen molar-refractivity contribution in [3.63, 3.8) is 0 Å². The third-order valence-electron chi connectivity index (χ3n) is 1.07. The topological polar surface area (TPSA) is 41.6 Å². The number of rotatable bonds is 4. The molecular weight excluding hydrogens is 138 g/mol. The standard InChI is InChI=1S/C8H15N3/c1-4-5-8(2)10-7-11(3)6-9/h4-5,7H,2,6,9H2,1,3H3/b5-4-,10-7-. The highest BCUT2D eigenvalue weighted by atomic mass is 15.2. The van der Waals surface area contributed by atoms with Crippen molar-refractivity contribution in [3.8, 4) is 0 Å². The molecule has 0 fully saturated rings. The van der Waals surface area contributed by atoms with Gasteiger partial charge < -0.3 is 10.6 Å². The molecule has 0 rings (SSSR count). The lowest BCUT2D eigenvalue weighted by Crippen LogP contribution is -2.23. The van der Waals surface area contributed by atoms with Crippen molar-refractivity contribution in [2.75, 3.05) is 13.7 Å². The molecule has 0 amide bonds. The van der Waals surface area contributed by atoms with Gasteiger partial charge in [0.1, 0.15) is 0 Å². The molecule has 62 valence electrons. The van der Waals surface area contributed by atoms with Crippen LogP contribution in [0.2, 0.25) is 0 Å². The van der Waals surface area contributed by atoms with Gasteiger partial charge in [0, 0.05) is 7.05 Å². The molecule has 0 aliphatic rings. The molecule has 0 spiro atoms. The fourth-order valence-corrected chi connectivity index (χ4v) is 0.455. The van der Waals surface area contributed by atoms with E-state index >= 15 is 0 Å². The van der Waals surface area contributed by atoms with Crippen LogP contribution in [0, 0.1) is 0 Å². The lowest BCUT2D eigenvalue weighted by Gasteiger charge is -2.07. The van der Waals surface area contributed by atoms with Crippen molar-refractivity contribution in [1.82, 2.24) is 4.90 Å². The Morgan fingerprint density at radius 3 is 2.82 bits per heavy atom. The van der Waals surface area contributed by atoms with Crippen molar-refractivity contribution in [3.05, 3.63) is 24.4 Å². The summed E-state index contributed by atoms with van der Waals surface area (Å²) in [5.74, 6) is 0. The van der Waals surface area contributed by atoms with Gasteiger partial charge in [-0.25, -0.2) is 4.99 Å². The normalized spacial score (nSPS) is 11.2. The zero-order valence-corrected chi connectivity index (χ0v) is 7.12. The van der Waals surface area contributed by atoms with E-state index in [4.69, 9.17) is 5.73 Å². The van der Waals surface area contributed by atoms with Crippen molar-refractivity contribution < 1.29 is 0 Å². The van der Waals surface area contributed by atoms with Crippen molar-refractivity contribution in [2.24, 2.45) is 10.7 Å². The van der Waals surface area contributed by atoms with Gasteiger partial charge in [-0.05, 0) is 13.0 Å². The van der Waals surface area contributed by atoms with Gasteiger partial charge in [0.05, 0.1) is 18.7 Å². The molecule has 0 aromatic carbocycles. The van der Waals surface area contributed by atoms with Crippen LogP contribution in [0.25, 0.3) is 0 Å². The predicted molar refractivity (Wildman–Crippen MR) is 49.3 cm³/mol. The third-order valence-corrected chi connectivity index (χ3v) is 1.07. The average Bonchev–Trinajstić information content (AvgIpc) is 2.01. The fourth-order valence-electron chi connectivity index (χ4n) is 0.455. The van der Waals surface area contributed by atoms with Crippen molar-refractivity contribution in [2.45, 2.75) is 6.92 Å². The number of nitrogens with zero attached hydrogens (tertiary/aromatic N) is 2. The Morgan fingerprint density at radius 1 is 1.73 bits per heavy atom. The zero-order valence-electron chi connectivity index (χ0n) is 7.12. The van der Waals surface area contributed by atoms with Crippen LogP contribution < -0.4 is 5.73 Å². The van der Waals surface area contributed by atoms with Gasteiger partial charge in [0.25, 0.3) is 0 Å². The molecule has 0 heterocycles. The molecule has 11 heavy (non-hydrogen) atoms. The lowest BCUT2D eigenvalue weighted by atomic mass is 10.4. The number of hydrogen-bond donors (Lipinski definition) is 1. The molecule has 0 unspecified atom stereocenters. The molecule has 0 saturated heterocycles. The molecule has 3 nitrogen and oxygen atoms in total. The Morgan fingerprint density at radius 2 is 2.36 bits per heavy atom. The summed E-state index contributed by atoms with van der Waals surface area (Å²) in [4.78, 5) is 5.80. The zero-order chi connectivity index (χ0) is 8.69. The average molecular weight is 153 g/mol. The summed E-state index contributed by atoms with van der Waals surface area (Å²) in [6.07, 6.45) is 5.38. The van der Waals surface area contributed by atoms with Gasteiger partial charge in [-0.1, -0.05) is 12.7 Å². The molecule has 0 saturated carbocycles. The van der Waals surface area contributed by atoms with Gasteiger partial charge in [-0.2, -0.15) is 0 Å². The highest BCUT2D eigenvalue weighted by molar-refractivity contribution is 5.56. The molecule has 0 aromatic rings. The first-order valence-corrected chi connectivity index (χ1v) is 3.46. The van der Waals surface area contributed by atoms with Gasteiger partial charge in [0.2, 0.25) is 0 Å². The summed E-state index contributed by atoms with van der Waals surface area (Å²) < 4.78 is 0. The molecule has 2 N–H and O–H groups in total. The van der Waals surface area contributed by atoms with Gasteiger partial charge >= 0.3 is 0 Å². The van der Waals surface area contributed by atoms with E-state index in [1.54, 1.807) is 11.2 Å². The fraction of sp³-hybridized carbons (Fsp3) is 0.375. The van der Waals surface area contributed by atoms with Crippen molar-refractivity contribution >= 4 is 6.34 Å². The van der Waals surface area contributed by atoms with Gasteiger partial charge in [-0.3, -0.25) is 0 Å². The predicted octanol–water partition coefficient (Wildman–Crippen LogP) is 0.952. The van der Waals surface area contributed by atoms with Crippen LogP contribution in [-0.2, 0) is 0 Å². The second kappa shape index (κ2) is 5.68. The summed E-state index contributed by atoms with van der Waals surface area (Å²) in [6, 6.07) is 0. The van der Waals surface area contributed by atoms with Gasteiger partial charge in [-0.15, -0.1) is 0 Å². The number of allylic oxidation sites excluding steroid dienone is 2. The van der Waals surface area contributed by atoms with Crippen LogP contribution in [-0.4, -0.2) is 25.0 Å². The number of hydrogen-bond acceptors (Lipinski definition) is 2. The van der Waals surface area contributed by atoms with Crippen LogP contribution in [0.4, 0.5) is 0 Å². The van der Waals surface area contributed by atoms with Crippen LogP contribution >= 0.6 is 0 Å². The molecule has 0 aromatic heterocycles. The van der Waals surface area contributed by atoms with E-state index in [2.05, 4.69) is 11.6 Å². The highest BCUT2D eigenvalue weighted by Crippen LogP contribution is 1.92. The minimum absolute atomic E-state index is 0.465. The van der Waals surface area contributed by atoms with Crippen LogP contribution in [0.5, 0.6) is 0 Å². The summed E-state index contributed by atoms with van der Waals surface area (Å²) in [7, 11) is 1.85. The molecule has 3 heteroatoms. The van der Waals surface area contributed by atoms with E-state index in [9.17, 15) is 0 Å². The Hall–Kier alpha value is -1.09. The van der Waals surface area contributed by atoms with Crippen LogP contribution in [0.15, 0.2) is 29.4 Å². The second-order valence-corrected chi connectivity index (χ2v) is 2.18. The Labute approximate surface area is 67.9 Å². The third kappa shape index (κ3) is 5.36. The second-order valence-electron chi connectivity index (χ2n) is 2.18. The van der Waals surface area contributed by atoms with E-state index in [1.807, 2.05) is 26.1 Å². The van der Waals surface area contributed by atoms with Crippen LogP contribution in [0.3, 0.4) is 0 Å². The van der Waals surface area contributed by atoms with Crippen molar-refractivity contribution in [1.29, 1.82) is 0 Å². The minimum Gasteiger partial charge on any atom is -0.353 e. The molecule has 0 atom stereocenters. The smallest absolute Gasteiger partial charge is 0.0919 e. The highest BCUT2D eigenvalue weighted by Gasteiger charge is 1.83. The number of nitrogens with two attached hydrogens (primary N) is 1. The molecule has 0 radical (unpaired) electrons. The maximum Gasteiger partial charge on any atom is 0.0919 e. The summed E-state index contributed by atoms with van der Waals surface area (Å²) in [5.41, 5.74) is 6.05. The Bertz CT molecular complexity index is 170. The maximum absolute atomic E-state index is 5.32. The summed E-state index contributed by atoms with van der Waals surface area (Å²) in [6.45, 7) is 6.09. The van der Waals surface area contributed by atoms with E-state index in [1.165, 1.54) is 0 Å². The molecular formula is C8H15N3. The van der Waals surface area contributed by atoms with Gasteiger partial charge in [0.15, 0.2) is 0 Å². The number of aliphatic imine (C=N–C) groups is 1. The first kappa shape index (κ1) is 9.91. The minimum atomic E-state index is 0.465. The first-order valence-electron chi connectivity index (χ1n) is 3.46. The van der Waals surface area contributed by atoms with E-state index in [0.717, 1.165) is 5.70 Å². The SMILES string of the molecule is C=C(/C=C\C)/N=C\N(C)CN. The molecule has 0 aliphatic carbocycles. The quantitative estimate of drug-likeness (QED) is 0.283. The Kier molecular flexibility index (Phi) is 5.11. The van der Waals surface area contributed by atoms with E-state index in [0.29, 0.717) is 6.67 Å². The molecule has 0 bridgehead atoms. The van der Waals surface area contributed by atoms with E-state index < -0.39 is 0 Å². The lowest BCUT2D eigenvalue weighted by molar-refractivity contribution is 0.536. The molecule has 0 aliphatic heterocycles. The summed E-state index contributed by atoms with van der Waals surface area (Å²) in [5, 5.41) is 0. The summed E-state index contributed by atoms with van der Waals surface area (Å²) >= 11 is 0. The Balaban J connectivity index is 3.82. The first-order chi connectivity index (χ1) is 5.20. The van der Waals surface area contributed by atoms with Crippen LogP contribution in [0.1, 0.15) is 6.92 Å². The largest absolute Gasteiger partial charge is 0.353 e. The maximum atomic E-state index is 5.32. The van der Waals surface area contributed by atoms with E-state index in [-0.39, 0.29) is 0 Å².